The van der Waals surface area contributed by atoms with Gasteiger partial charge in [-0.25, -0.2) is 0 Å². The number of aromatic nitrogens is 2. The van der Waals surface area contributed by atoms with Gasteiger partial charge in [-0.15, -0.1) is 0 Å². The second kappa shape index (κ2) is 5.76. The Hall–Kier alpha value is -1.32. The van der Waals surface area contributed by atoms with Crippen molar-refractivity contribution in [1.29, 1.82) is 0 Å². The number of piperidine rings is 1. The number of carbonyl (C=O) groups excluding carboxylic acids is 1. The van der Waals surface area contributed by atoms with Crippen LogP contribution in [0.15, 0.2) is 18.5 Å². The summed E-state index contributed by atoms with van der Waals surface area (Å²) in [6, 6.07) is 1.96. The molecule has 1 amide bonds. The van der Waals surface area contributed by atoms with E-state index >= 15 is 0 Å². The molecular weight excluding hydrogens is 238 g/mol. The molecule has 0 radical (unpaired) electrons. The first kappa shape index (κ1) is 14.1. The molecule has 0 bridgehead atoms. The molecule has 1 aromatic heterocycles. The van der Waals surface area contributed by atoms with E-state index in [9.17, 15) is 4.79 Å². The van der Waals surface area contributed by atoms with E-state index in [1.807, 2.05) is 28.0 Å². The van der Waals surface area contributed by atoms with E-state index in [1.165, 1.54) is 0 Å². The predicted octanol–water partition coefficient (Wildman–Crippen LogP) is 2.56. The Morgan fingerprint density at radius 1 is 1.32 bits per heavy atom. The highest BCUT2D eigenvalue weighted by Crippen LogP contribution is 2.23. The number of nitrogens with zero attached hydrogens (tertiary/aromatic N) is 3. The zero-order chi connectivity index (χ0) is 13.9. The smallest absolute Gasteiger partial charge is 0.223 e. The Balaban J connectivity index is 1.77. The summed E-state index contributed by atoms with van der Waals surface area (Å²) in [6.07, 6.45) is 6.67. The molecule has 1 aliphatic heterocycles. The van der Waals surface area contributed by atoms with Crippen LogP contribution >= 0.6 is 0 Å². The van der Waals surface area contributed by atoms with E-state index in [-0.39, 0.29) is 5.41 Å². The number of rotatable bonds is 3. The van der Waals surface area contributed by atoms with Crippen molar-refractivity contribution in [3.63, 3.8) is 0 Å². The molecule has 1 aliphatic rings. The summed E-state index contributed by atoms with van der Waals surface area (Å²) in [5, 5.41) is 4.25. The standard InChI is InChI=1S/C15H25N3O/c1-15(2,3)11-14(19)17-9-5-13(6-10-17)12-18-8-4-7-16-18/h4,7-8,13H,5-6,9-12H2,1-3H3. The summed E-state index contributed by atoms with van der Waals surface area (Å²) < 4.78 is 2.00. The van der Waals surface area contributed by atoms with Crippen molar-refractivity contribution in [3.8, 4) is 0 Å². The topological polar surface area (TPSA) is 38.1 Å². The predicted molar refractivity (Wildman–Crippen MR) is 75.6 cm³/mol. The van der Waals surface area contributed by atoms with E-state index < -0.39 is 0 Å². The lowest BCUT2D eigenvalue weighted by Crippen LogP contribution is -2.40. The average Bonchev–Trinajstić information content (AvgIpc) is 2.80. The second-order valence-corrected chi connectivity index (χ2v) is 6.79. The molecule has 0 saturated carbocycles. The van der Waals surface area contributed by atoms with Crippen molar-refractivity contribution in [3.05, 3.63) is 18.5 Å². The van der Waals surface area contributed by atoms with Crippen LogP contribution < -0.4 is 0 Å². The van der Waals surface area contributed by atoms with Gasteiger partial charge in [0, 0.05) is 38.4 Å². The van der Waals surface area contributed by atoms with Gasteiger partial charge in [0.25, 0.3) is 0 Å². The number of hydrogen-bond donors (Lipinski definition) is 0. The van der Waals surface area contributed by atoms with Gasteiger partial charge in [0.1, 0.15) is 0 Å². The summed E-state index contributed by atoms with van der Waals surface area (Å²) in [5.74, 6) is 0.962. The largest absolute Gasteiger partial charge is 0.343 e. The Bertz CT molecular complexity index is 398. The lowest BCUT2D eigenvalue weighted by molar-refractivity contribution is -0.134. The van der Waals surface area contributed by atoms with Gasteiger partial charge < -0.3 is 4.90 Å². The Morgan fingerprint density at radius 2 is 2.00 bits per heavy atom. The third-order valence-electron chi connectivity index (χ3n) is 3.65. The molecule has 0 unspecified atom stereocenters. The molecule has 0 N–H and O–H groups in total. The lowest BCUT2D eigenvalue weighted by Gasteiger charge is -2.33. The van der Waals surface area contributed by atoms with Gasteiger partial charge >= 0.3 is 0 Å². The highest BCUT2D eigenvalue weighted by atomic mass is 16.2. The fraction of sp³-hybridized carbons (Fsp3) is 0.733. The minimum atomic E-state index is 0.0863. The third kappa shape index (κ3) is 4.37. The maximum absolute atomic E-state index is 12.1. The van der Waals surface area contributed by atoms with Crippen LogP contribution in [0, 0.1) is 11.3 Å². The molecule has 1 saturated heterocycles. The van der Waals surface area contributed by atoms with Crippen LogP contribution in [0.3, 0.4) is 0 Å². The summed E-state index contributed by atoms with van der Waals surface area (Å²) in [5.41, 5.74) is 0.0863. The molecule has 0 aromatic carbocycles. The molecule has 2 rings (SSSR count). The van der Waals surface area contributed by atoms with Crippen LogP contribution in [0.1, 0.15) is 40.0 Å². The zero-order valence-electron chi connectivity index (χ0n) is 12.3. The number of amides is 1. The van der Waals surface area contributed by atoms with E-state index in [0.29, 0.717) is 18.2 Å². The first-order valence-electron chi connectivity index (χ1n) is 7.19. The number of likely N-dealkylation sites (tertiary alicyclic amines) is 1. The van der Waals surface area contributed by atoms with Crippen LogP contribution in [0.4, 0.5) is 0 Å². The van der Waals surface area contributed by atoms with E-state index in [0.717, 1.165) is 32.5 Å². The van der Waals surface area contributed by atoms with Gasteiger partial charge in [-0.05, 0) is 30.2 Å². The molecule has 0 atom stereocenters. The fourth-order valence-corrected chi connectivity index (χ4v) is 2.60. The summed E-state index contributed by atoms with van der Waals surface area (Å²) in [6.45, 7) is 9.15. The summed E-state index contributed by atoms with van der Waals surface area (Å²) >= 11 is 0. The molecule has 0 aliphatic carbocycles. The Kier molecular flexibility index (Phi) is 4.27. The number of carbonyl (C=O) groups is 1. The maximum atomic E-state index is 12.1. The molecule has 1 aromatic rings. The van der Waals surface area contributed by atoms with Crippen molar-refractivity contribution in [2.75, 3.05) is 13.1 Å². The van der Waals surface area contributed by atoms with Crippen LogP contribution in [-0.4, -0.2) is 33.7 Å². The molecule has 19 heavy (non-hydrogen) atoms. The lowest BCUT2D eigenvalue weighted by atomic mass is 9.90. The molecule has 0 spiro atoms. The monoisotopic (exact) mass is 263 g/mol. The third-order valence-corrected chi connectivity index (χ3v) is 3.65. The van der Waals surface area contributed by atoms with Gasteiger partial charge in [-0.3, -0.25) is 9.48 Å². The van der Waals surface area contributed by atoms with Crippen molar-refractivity contribution in [2.45, 2.75) is 46.6 Å². The van der Waals surface area contributed by atoms with Gasteiger partial charge in [0.2, 0.25) is 5.91 Å². The first-order chi connectivity index (χ1) is 8.94. The Labute approximate surface area is 115 Å². The SMILES string of the molecule is CC(C)(C)CC(=O)N1CCC(Cn2cccn2)CC1. The van der Waals surface area contributed by atoms with Gasteiger partial charge in [0.05, 0.1) is 0 Å². The van der Waals surface area contributed by atoms with Gasteiger partial charge in [-0.1, -0.05) is 20.8 Å². The van der Waals surface area contributed by atoms with Crippen molar-refractivity contribution in [2.24, 2.45) is 11.3 Å². The highest BCUT2D eigenvalue weighted by Gasteiger charge is 2.25. The summed E-state index contributed by atoms with van der Waals surface area (Å²) in [4.78, 5) is 14.2. The van der Waals surface area contributed by atoms with Crippen LogP contribution in [0.2, 0.25) is 0 Å². The summed E-state index contributed by atoms with van der Waals surface area (Å²) in [7, 11) is 0. The molecule has 106 valence electrons. The minimum absolute atomic E-state index is 0.0863. The van der Waals surface area contributed by atoms with Crippen molar-refractivity contribution >= 4 is 5.91 Å². The Morgan fingerprint density at radius 3 is 2.53 bits per heavy atom. The normalized spacial score (nSPS) is 17.7. The molecule has 4 nitrogen and oxygen atoms in total. The molecular formula is C15H25N3O. The molecule has 2 heterocycles. The minimum Gasteiger partial charge on any atom is -0.343 e. The van der Waals surface area contributed by atoms with Crippen LogP contribution in [0.25, 0.3) is 0 Å². The van der Waals surface area contributed by atoms with Gasteiger partial charge in [0.15, 0.2) is 0 Å². The van der Waals surface area contributed by atoms with E-state index in [1.54, 1.807) is 0 Å². The first-order valence-corrected chi connectivity index (χ1v) is 7.19. The van der Waals surface area contributed by atoms with E-state index in [2.05, 4.69) is 25.9 Å². The molecule has 1 fully saturated rings. The van der Waals surface area contributed by atoms with E-state index in [4.69, 9.17) is 0 Å². The van der Waals surface area contributed by atoms with Crippen molar-refractivity contribution < 1.29 is 4.79 Å². The zero-order valence-corrected chi connectivity index (χ0v) is 12.3. The van der Waals surface area contributed by atoms with Crippen molar-refractivity contribution in [1.82, 2.24) is 14.7 Å². The second-order valence-electron chi connectivity index (χ2n) is 6.79. The quantitative estimate of drug-likeness (QED) is 0.840. The molecule has 4 heteroatoms. The maximum Gasteiger partial charge on any atom is 0.223 e. The van der Waals surface area contributed by atoms with Crippen LogP contribution in [-0.2, 0) is 11.3 Å². The average molecular weight is 263 g/mol. The number of hydrogen-bond acceptors (Lipinski definition) is 2. The fourth-order valence-electron chi connectivity index (χ4n) is 2.60. The van der Waals surface area contributed by atoms with Crippen LogP contribution in [0.5, 0.6) is 0 Å². The highest BCUT2D eigenvalue weighted by molar-refractivity contribution is 5.76. The van der Waals surface area contributed by atoms with Gasteiger partial charge in [-0.2, -0.15) is 5.10 Å².